The third-order valence-electron chi connectivity index (χ3n) is 3.57. The molecule has 3 heteroatoms. The third-order valence-corrected chi connectivity index (χ3v) is 3.57. The Morgan fingerprint density at radius 1 is 1.21 bits per heavy atom. The third kappa shape index (κ3) is 2.27. The number of hydrogen-bond donors (Lipinski definition) is 1. The highest BCUT2D eigenvalue weighted by Crippen LogP contribution is 2.37. The molecule has 1 unspecified atom stereocenters. The minimum atomic E-state index is 0.0905. The highest BCUT2D eigenvalue weighted by Gasteiger charge is 2.35. The molecule has 2 aliphatic heterocycles. The lowest BCUT2D eigenvalue weighted by atomic mass is 9.76. The molecule has 2 saturated heterocycles. The molecule has 0 aliphatic carbocycles. The van der Waals surface area contributed by atoms with E-state index in [1.54, 1.807) is 0 Å². The van der Waals surface area contributed by atoms with E-state index in [0.717, 1.165) is 39.1 Å². The van der Waals surface area contributed by atoms with E-state index in [0.29, 0.717) is 6.10 Å². The van der Waals surface area contributed by atoms with Gasteiger partial charge in [-0.15, -0.1) is 0 Å². The van der Waals surface area contributed by atoms with Crippen molar-refractivity contribution >= 4 is 0 Å². The molecule has 2 heterocycles. The molecule has 2 fully saturated rings. The molecule has 1 atom stereocenters. The lowest BCUT2D eigenvalue weighted by Crippen LogP contribution is -2.36. The molecule has 3 nitrogen and oxygen atoms in total. The topological polar surface area (TPSA) is 38.7 Å². The standard InChI is InChI=1S/C11H20O3/c12-9-11(3-6-13-7-4-11)8-10-2-1-5-14-10/h10,12H,1-9H2. The van der Waals surface area contributed by atoms with Crippen LogP contribution in [0.1, 0.15) is 32.1 Å². The first-order chi connectivity index (χ1) is 6.85. The van der Waals surface area contributed by atoms with Gasteiger partial charge in [-0.3, -0.25) is 0 Å². The molecule has 0 aromatic heterocycles. The first-order valence-corrected chi connectivity index (χ1v) is 5.65. The summed E-state index contributed by atoms with van der Waals surface area (Å²) in [6.07, 6.45) is 5.74. The minimum Gasteiger partial charge on any atom is -0.396 e. The summed E-state index contributed by atoms with van der Waals surface area (Å²) < 4.78 is 11.0. The number of hydrogen-bond acceptors (Lipinski definition) is 3. The van der Waals surface area contributed by atoms with Crippen molar-refractivity contribution in [3.63, 3.8) is 0 Å². The van der Waals surface area contributed by atoms with Crippen LogP contribution in [0.3, 0.4) is 0 Å². The van der Waals surface area contributed by atoms with Crippen molar-refractivity contribution in [1.82, 2.24) is 0 Å². The maximum Gasteiger partial charge on any atom is 0.0582 e. The summed E-state index contributed by atoms with van der Waals surface area (Å²) in [6, 6.07) is 0. The van der Waals surface area contributed by atoms with Crippen LogP contribution in [0.25, 0.3) is 0 Å². The van der Waals surface area contributed by atoms with Crippen molar-refractivity contribution in [2.75, 3.05) is 26.4 Å². The zero-order valence-electron chi connectivity index (χ0n) is 8.71. The van der Waals surface area contributed by atoms with Crippen molar-refractivity contribution in [3.8, 4) is 0 Å². The fourth-order valence-corrected chi connectivity index (χ4v) is 2.52. The molecule has 82 valence electrons. The van der Waals surface area contributed by atoms with Crippen LogP contribution < -0.4 is 0 Å². The van der Waals surface area contributed by atoms with Gasteiger partial charge in [-0.25, -0.2) is 0 Å². The van der Waals surface area contributed by atoms with E-state index in [1.807, 2.05) is 0 Å². The van der Waals surface area contributed by atoms with E-state index in [1.165, 1.54) is 12.8 Å². The van der Waals surface area contributed by atoms with Gasteiger partial charge in [0.05, 0.1) is 6.10 Å². The summed E-state index contributed by atoms with van der Waals surface area (Å²) in [4.78, 5) is 0. The minimum absolute atomic E-state index is 0.0905. The second-order valence-corrected chi connectivity index (χ2v) is 4.61. The summed E-state index contributed by atoms with van der Waals surface area (Å²) in [5.41, 5.74) is 0.0905. The summed E-state index contributed by atoms with van der Waals surface area (Å²) in [5.74, 6) is 0. The van der Waals surface area contributed by atoms with Crippen molar-refractivity contribution in [1.29, 1.82) is 0 Å². The molecule has 0 amide bonds. The summed E-state index contributed by atoms with van der Waals surface area (Å²) in [6.45, 7) is 2.79. The van der Waals surface area contributed by atoms with E-state index in [2.05, 4.69) is 0 Å². The molecule has 0 bridgehead atoms. The second kappa shape index (κ2) is 4.60. The zero-order chi connectivity index (χ0) is 9.86. The smallest absolute Gasteiger partial charge is 0.0582 e. The van der Waals surface area contributed by atoms with Gasteiger partial charge in [0.15, 0.2) is 0 Å². The first-order valence-electron chi connectivity index (χ1n) is 5.65. The zero-order valence-corrected chi connectivity index (χ0v) is 8.71. The summed E-state index contributed by atoms with van der Waals surface area (Å²) in [7, 11) is 0. The van der Waals surface area contributed by atoms with Gasteiger partial charge >= 0.3 is 0 Å². The molecule has 1 N–H and O–H groups in total. The van der Waals surface area contributed by atoms with Crippen LogP contribution in [0, 0.1) is 5.41 Å². The lowest BCUT2D eigenvalue weighted by molar-refractivity contribution is -0.0461. The van der Waals surface area contributed by atoms with E-state index >= 15 is 0 Å². The predicted octanol–water partition coefficient (Wildman–Crippen LogP) is 1.34. The average molecular weight is 200 g/mol. The number of aliphatic hydroxyl groups excluding tert-OH is 1. The van der Waals surface area contributed by atoms with Gasteiger partial charge in [-0.1, -0.05) is 0 Å². The molecule has 0 radical (unpaired) electrons. The van der Waals surface area contributed by atoms with Gasteiger partial charge in [-0.05, 0) is 32.1 Å². The van der Waals surface area contributed by atoms with Crippen LogP contribution in [0.15, 0.2) is 0 Å². The molecule has 0 aromatic rings. The van der Waals surface area contributed by atoms with Gasteiger partial charge in [-0.2, -0.15) is 0 Å². The monoisotopic (exact) mass is 200 g/mol. The lowest BCUT2D eigenvalue weighted by Gasteiger charge is -2.37. The second-order valence-electron chi connectivity index (χ2n) is 4.61. The van der Waals surface area contributed by atoms with Gasteiger partial charge in [0.2, 0.25) is 0 Å². The Kier molecular flexibility index (Phi) is 3.42. The molecule has 0 saturated carbocycles. The van der Waals surface area contributed by atoms with E-state index in [4.69, 9.17) is 9.47 Å². The van der Waals surface area contributed by atoms with Crippen molar-refractivity contribution in [2.45, 2.75) is 38.2 Å². The quantitative estimate of drug-likeness (QED) is 0.747. The predicted molar refractivity (Wildman–Crippen MR) is 53.2 cm³/mol. The fraction of sp³-hybridized carbons (Fsp3) is 1.00. The van der Waals surface area contributed by atoms with Crippen molar-refractivity contribution < 1.29 is 14.6 Å². The van der Waals surface area contributed by atoms with Crippen LogP contribution in [0.2, 0.25) is 0 Å². The molecule has 0 spiro atoms. The van der Waals surface area contributed by atoms with Crippen molar-refractivity contribution in [3.05, 3.63) is 0 Å². The maximum absolute atomic E-state index is 9.49. The SMILES string of the molecule is OCC1(CC2CCCO2)CCOCC1. The molecule has 2 rings (SSSR count). The van der Waals surface area contributed by atoms with Crippen LogP contribution in [-0.4, -0.2) is 37.6 Å². The number of rotatable bonds is 3. The van der Waals surface area contributed by atoms with Gasteiger partial charge < -0.3 is 14.6 Å². The molecular weight excluding hydrogens is 180 g/mol. The molecule has 14 heavy (non-hydrogen) atoms. The average Bonchev–Trinajstić information content (AvgIpc) is 2.72. The Morgan fingerprint density at radius 2 is 2.00 bits per heavy atom. The normalized spacial score (nSPS) is 31.9. The van der Waals surface area contributed by atoms with E-state index < -0.39 is 0 Å². The van der Waals surface area contributed by atoms with Crippen LogP contribution in [0.5, 0.6) is 0 Å². The number of ether oxygens (including phenoxy) is 2. The van der Waals surface area contributed by atoms with Gasteiger partial charge in [0.1, 0.15) is 0 Å². The van der Waals surface area contributed by atoms with Gasteiger partial charge in [0, 0.05) is 31.8 Å². The fourth-order valence-electron chi connectivity index (χ4n) is 2.52. The van der Waals surface area contributed by atoms with Crippen LogP contribution in [-0.2, 0) is 9.47 Å². The molecule has 2 aliphatic rings. The van der Waals surface area contributed by atoms with Crippen molar-refractivity contribution in [2.24, 2.45) is 5.41 Å². The highest BCUT2D eigenvalue weighted by molar-refractivity contribution is 4.85. The highest BCUT2D eigenvalue weighted by atomic mass is 16.5. The summed E-state index contributed by atoms with van der Waals surface area (Å²) >= 11 is 0. The van der Waals surface area contributed by atoms with Gasteiger partial charge in [0.25, 0.3) is 0 Å². The molecule has 0 aromatic carbocycles. The largest absolute Gasteiger partial charge is 0.396 e. The first kappa shape index (κ1) is 10.4. The Bertz CT molecular complexity index is 169. The Balaban J connectivity index is 1.89. The van der Waals surface area contributed by atoms with Crippen LogP contribution in [0.4, 0.5) is 0 Å². The number of aliphatic hydroxyl groups is 1. The van der Waals surface area contributed by atoms with Crippen LogP contribution >= 0.6 is 0 Å². The summed E-state index contributed by atoms with van der Waals surface area (Å²) in [5, 5.41) is 9.49. The van der Waals surface area contributed by atoms with E-state index in [9.17, 15) is 5.11 Å². The van der Waals surface area contributed by atoms with E-state index in [-0.39, 0.29) is 12.0 Å². The maximum atomic E-state index is 9.49. The Morgan fingerprint density at radius 3 is 2.57 bits per heavy atom. The molecular formula is C11H20O3. The Labute approximate surface area is 85.4 Å². The Hall–Kier alpha value is -0.120.